The topological polar surface area (TPSA) is 53.6 Å². The first-order valence-corrected chi connectivity index (χ1v) is 19.5. The summed E-state index contributed by atoms with van der Waals surface area (Å²) in [5, 5.41) is 7.85. The van der Waals surface area contributed by atoms with Crippen LogP contribution < -0.4 is 10.6 Å². The molecule has 5 aliphatic carbocycles. The van der Waals surface area contributed by atoms with Crippen LogP contribution in [-0.4, -0.2) is 62.8 Å². The summed E-state index contributed by atoms with van der Waals surface area (Å²) in [6.07, 6.45) is 14.5. The van der Waals surface area contributed by atoms with Crippen LogP contribution in [-0.2, 0) is 4.74 Å². The summed E-state index contributed by atoms with van der Waals surface area (Å²) in [7, 11) is 1.46. The largest absolute Gasteiger partial charge is 0.465 e. The zero-order chi connectivity index (χ0) is 34.1. The monoisotopic (exact) mass is 656 g/mol. The zero-order valence-electron chi connectivity index (χ0n) is 31.4. The fraction of sp³-hybridized carbons (Fsp3) is 0.744. The normalized spacial score (nSPS) is 42.1. The highest BCUT2D eigenvalue weighted by atomic mass is 16.5. The summed E-state index contributed by atoms with van der Waals surface area (Å²) < 4.78 is 4.97. The molecule has 1 aromatic carbocycles. The Labute approximate surface area is 292 Å². The molecule has 5 nitrogen and oxygen atoms in total. The van der Waals surface area contributed by atoms with Gasteiger partial charge in [-0.25, -0.2) is 4.79 Å². The van der Waals surface area contributed by atoms with E-state index < -0.39 is 0 Å². The van der Waals surface area contributed by atoms with Gasteiger partial charge in [0.25, 0.3) is 0 Å². The highest BCUT2D eigenvalue weighted by molar-refractivity contribution is 5.89. The highest BCUT2D eigenvalue weighted by Crippen LogP contribution is 2.76. The minimum atomic E-state index is -0.264. The van der Waals surface area contributed by atoms with Gasteiger partial charge in [-0.05, 0) is 139 Å². The van der Waals surface area contributed by atoms with E-state index in [9.17, 15) is 4.79 Å². The van der Waals surface area contributed by atoms with Gasteiger partial charge in [-0.15, -0.1) is 0 Å². The number of piperazine rings is 1. The zero-order valence-corrected chi connectivity index (χ0v) is 31.4. The van der Waals surface area contributed by atoms with Crippen LogP contribution in [0.2, 0.25) is 0 Å². The summed E-state index contributed by atoms with van der Waals surface area (Å²) in [5.74, 6) is 3.24. The standard InChI is InChI=1S/C43H65N3O2/c1-29(2)32-15-20-43(45-25-28-46-26-23-44-24-27-46)22-21-41(6)34(37(32)43)13-14-36-40(5)18-16-33(30-9-11-31(12-10-30)38(47)48-8)39(3,4)35(40)17-19-42(36,41)7/h9-12,16,32,34-37,44-45H,1,13-15,17-28H2,2-8H3/t32-,34?,35?,36?,37?,40-,41+,42+,43-/m0/s1. The van der Waals surface area contributed by atoms with Gasteiger partial charge >= 0.3 is 5.97 Å². The molecule has 0 spiro atoms. The minimum Gasteiger partial charge on any atom is -0.465 e. The molecule has 0 bridgehead atoms. The maximum Gasteiger partial charge on any atom is 0.337 e. The first-order valence-electron chi connectivity index (χ1n) is 19.5. The number of methoxy groups -OCH3 is 1. The van der Waals surface area contributed by atoms with E-state index in [2.05, 4.69) is 81.9 Å². The summed E-state index contributed by atoms with van der Waals surface area (Å²) in [6.45, 7) is 27.1. The van der Waals surface area contributed by atoms with Crippen molar-refractivity contribution in [2.45, 2.75) is 105 Å². The average Bonchev–Trinajstić information content (AvgIpc) is 3.45. The van der Waals surface area contributed by atoms with Crippen LogP contribution in [0.4, 0.5) is 0 Å². The Hall–Kier alpha value is -1.95. The summed E-state index contributed by atoms with van der Waals surface area (Å²) in [6, 6.07) is 8.17. The molecule has 1 aromatic rings. The number of hydrogen-bond donors (Lipinski definition) is 2. The van der Waals surface area contributed by atoms with E-state index in [-0.39, 0.29) is 16.9 Å². The number of esters is 1. The molecular weight excluding hydrogens is 590 g/mol. The van der Waals surface area contributed by atoms with Crippen molar-refractivity contribution >= 4 is 11.5 Å². The lowest BCUT2D eigenvalue weighted by Crippen LogP contribution is -2.68. The van der Waals surface area contributed by atoms with Crippen molar-refractivity contribution in [2.75, 3.05) is 46.4 Å². The number of fused-ring (bicyclic) bond motifs is 7. The molecule has 264 valence electrons. The van der Waals surface area contributed by atoms with Crippen LogP contribution in [0.15, 0.2) is 42.5 Å². The molecule has 6 aliphatic rings. The third kappa shape index (κ3) is 5.14. The van der Waals surface area contributed by atoms with E-state index in [1.807, 2.05) is 12.1 Å². The maximum atomic E-state index is 12.1. The van der Waals surface area contributed by atoms with Crippen LogP contribution in [0.1, 0.15) is 115 Å². The molecule has 7 rings (SSSR count). The van der Waals surface area contributed by atoms with Gasteiger partial charge in [-0.2, -0.15) is 0 Å². The number of carbonyl (C=O) groups excluding carboxylic acids is 1. The van der Waals surface area contributed by atoms with Gasteiger partial charge in [-0.3, -0.25) is 4.90 Å². The molecule has 0 aromatic heterocycles. The van der Waals surface area contributed by atoms with Gasteiger partial charge in [0.1, 0.15) is 0 Å². The number of ether oxygens (including phenoxy) is 1. The predicted molar refractivity (Wildman–Crippen MR) is 198 cm³/mol. The van der Waals surface area contributed by atoms with Crippen LogP contribution in [0.5, 0.6) is 0 Å². The average molecular weight is 656 g/mol. The Balaban J connectivity index is 1.16. The lowest BCUT2D eigenvalue weighted by atomic mass is 9.33. The van der Waals surface area contributed by atoms with Gasteiger partial charge in [0.05, 0.1) is 12.7 Å². The van der Waals surface area contributed by atoms with Crippen molar-refractivity contribution in [1.29, 1.82) is 0 Å². The third-order valence-corrected chi connectivity index (χ3v) is 16.4. The maximum absolute atomic E-state index is 12.1. The second-order valence-corrected chi connectivity index (χ2v) is 18.5. The van der Waals surface area contributed by atoms with Crippen LogP contribution >= 0.6 is 0 Å². The molecule has 1 heterocycles. The van der Waals surface area contributed by atoms with Gasteiger partial charge in [0, 0.05) is 44.8 Å². The fourth-order valence-corrected chi connectivity index (χ4v) is 13.9. The molecule has 5 heteroatoms. The molecule has 0 amide bonds. The molecule has 5 fully saturated rings. The third-order valence-electron chi connectivity index (χ3n) is 16.4. The van der Waals surface area contributed by atoms with E-state index in [0.717, 1.165) is 37.9 Å². The number of hydrogen-bond acceptors (Lipinski definition) is 5. The lowest BCUT2D eigenvalue weighted by molar-refractivity contribution is -0.219. The summed E-state index contributed by atoms with van der Waals surface area (Å²) in [5.41, 5.74) is 6.14. The predicted octanol–water partition coefficient (Wildman–Crippen LogP) is 8.37. The molecule has 48 heavy (non-hydrogen) atoms. The van der Waals surface area contributed by atoms with Crippen LogP contribution in [0.3, 0.4) is 0 Å². The van der Waals surface area contributed by atoms with E-state index in [0.29, 0.717) is 39.6 Å². The molecule has 2 N–H and O–H groups in total. The number of allylic oxidation sites excluding steroid dienone is 3. The molecule has 1 saturated heterocycles. The molecule has 1 aliphatic heterocycles. The van der Waals surface area contributed by atoms with Gasteiger partial charge in [0.15, 0.2) is 0 Å². The van der Waals surface area contributed by atoms with Crippen molar-refractivity contribution in [2.24, 2.45) is 51.2 Å². The van der Waals surface area contributed by atoms with Crippen LogP contribution in [0.25, 0.3) is 5.57 Å². The van der Waals surface area contributed by atoms with E-state index in [4.69, 9.17) is 4.74 Å². The number of nitrogens with zero attached hydrogens (tertiary/aromatic N) is 1. The number of benzene rings is 1. The Morgan fingerprint density at radius 3 is 2.35 bits per heavy atom. The van der Waals surface area contributed by atoms with Crippen molar-refractivity contribution in [1.82, 2.24) is 15.5 Å². The van der Waals surface area contributed by atoms with Crippen LogP contribution in [0, 0.1) is 51.2 Å². The first kappa shape index (κ1) is 34.5. The Morgan fingerprint density at radius 1 is 0.938 bits per heavy atom. The number of carbonyl (C=O) groups is 1. The molecule has 4 saturated carbocycles. The van der Waals surface area contributed by atoms with E-state index in [1.165, 1.54) is 94.8 Å². The van der Waals surface area contributed by atoms with E-state index >= 15 is 0 Å². The molecule has 9 atom stereocenters. The Bertz CT molecular complexity index is 1430. The SMILES string of the molecule is C=C(C)[C@@H]1CC[C@]2(NCCN3CCNCC3)CC[C@]3(C)C(CCC4[C@@]5(C)CC=C(c6ccc(C(=O)OC)cc6)C(C)(C)C5CC[C@]43C)C12. The van der Waals surface area contributed by atoms with Gasteiger partial charge < -0.3 is 15.4 Å². The van der Waals surface area contributed by atoms with Gasteiger partial charge in [-0.1, -0.05) is 65.0 Å². The second kappa shape index (κ2) is 12.4. The smallest absolute Gasteiger partial charge is 0.337 e. The molecular formula is C43H65N3O2. The van der Waals surface area contributed by atoms with Crippen molar-refractivity contribution in [3.8, 4) is 0 Å². The Morgan fingerprint density at radius 2 is 1.67 bits per heavy atom. The van der Waals surface area contributed by atoms with E-state index in [1.54, 1.807) is 0 Å². The highest BCUT2D eigenvalue weighted by Gasteiger charge is 2.70. The molecule has 4 unspecified atom stereocenters. The summed E-state index contributed by atoms with van der Waals surface area (Å²) >= 11 is 0. The minimum absolute atomic E-state index is 0.0748. The lowest BCUT2D eigenvalue weighted by Gasteiger charge is -2.72. The van der Waals surface area contributed by atoms with Crippen molar-refractivity contribution in [3.63, 3.8) is 0 Å². The first-order chi connectivity index (χ1) is 22.8. The summed E-state index contributed by atoms with van der Waals surface area (Å²) in [4.78, 5) is 14.8. The quantitative estimate of drug-likeness (QED) is 0.228. The fourth-order valence-electron chi connectivity index (χ4n) is 13.9. The van der Waals surface area contributed by atoms with Crippen molar-refractivity contribution in [3.05, 3.63) is 53.6 Å². The molecule has 0 radical (unpaired) electrons. The van der Waals surface area contributed by atoms with Crippen molar-refractivity contribution < 1.29 is 9.53 Å². The van der Waals surface area contributed by atoms with Gasteiger partial charge in [0.2, 0.25) is 0 Å². The number of nitrogens with one attached hydrogen (secondary N) is 2. The number of rotatable bonds is 7. The second-order valence-electron chi connectivity index (χ2n) is 18.5. The Kier molecular flexibility index (Phi) is 8.89.